The molecule has 27 heavy (non-hydrogen) atoms. The van der Waals surface area contributed by atoms with Gasteiger partial charge >= 0.3 is 0 Å². The fourth-order valence-electron chi connectivity index (χ4n) is 3.13. The van der Waals surface area contributed by atoms with E-state index >= 15 is 0 Å². The summed E-state index contributed by atoms with van der Waals surface area (Å²) >= 11 is 0. The van der Waals surface area contributed by atoms with Crippen LogP contribution in [-0.2, 0) is 4.74 Å². The summed E-state index contributed by atoms with van der Waals surface area (Å²) in [5, 5.41) is 13.5. The lowest BCUT2D eigenvalue weighted by atomic mass is 9.96. The number of hydrogen-bond donors (Lipinski definition) is 2. The molecule has 0 amide bonds. The van der Waals surface area contributed by atoms with Crippen LogP contribution in [0.3, 0.4) is 0 Å². The number of ether oxygens (including phenoxy) is 2. The van der Waals surface area contributed by atoms with E-state index in [0.29, 0.717) is 6.54 Å². The molecule has 2 rings (SSSR count). The number of benzene rings is 1. The van der Waals surface area contributed by atoms with Crippen LogP contribution in [0.1, 0.15) is 31.7 Å². The summed E-state index contributed by atoms with van der Waals surface area (Å²) in [4.78, 5) is 6.73. The van der Waals surface area contributed by atoms with Crippen molar-refractivity contribution in [2.24, 2.45) is 10.9 Å². The minimum Gasteiger partial charge on any atom is -0.491 e. The number of aliphatic hydroxyl groups excluding tert-OH is 1. The molecule has 152 valence electrons. The van der Waals surface area contributed by atoms with Crippen LogP contribution in [0.4, 0.5) is 0 Å². The Morgan fingerprint density at radius 1 is 1.41 bits per heavy atom. The highest BCUT2D eigenvalue weighted by Gasteiger charge is 2.15. The van der Waals surface area contributed by atoms with Crippen molar-refractivity contribution in [3.63, 3.8) is 0 Å². The van der Waals surface area contributed by atoms with Gasteiger partial charge in [0.05, 0.1) is 6.54 Å². The van der Waals surface area contributed by atoms with Gasteiger partial charge in [-0.3, -0.25) is 4.99 Å². The first-order valence-corrected chi connectivity index (χ1v) is 10.0. The van der Waals surface area contributed by atoms with E-state index in [1.165, 1.54) is 0 Å². The Kier molecular flexibility index (Phi) is 9.42. The molecule has 1 aliphatic heterocycles. The highest BCUT2D eigenvalue weighted by molar-refractivity contribution is 5.79. The number of nitrogens with one attached hydrogen (secondary N) is 1. The topological polar surface area (TPSA) is 66.3 Å². The van der Waals surface area contributed by atoms with Crippen molar-refractivity contribution in [2.45, 2.75) is 39.2 Å². The van der Waals surface area contributed by atoms with Gasteiger partial charge in [0.2, 0.25) is 0 Å². The Hall–Kier alpha value is -1.79. The first kappa shape index (κ1) is 21.5. The molecule has 0 bridgehead atoms. The third-order valence-electron chi connectivity index (χ3n) is 4.79. The number of aryl methyl sites for hydroxylation is 1. The van der Waals surface area contributed by atoms with Gasteiger partial charge in [0.1, 0.15) is 18.5 Å². The molecule has 1 atom stereocenters. The number of nitrogens with zero attached hydrogens (tertiary/aromatic N) is 2. The van der Waals surface area contributed by atoms with Crippen molar-refractivity contribution < 1.29 is 14.6 Å². The maximum atomic E-state index is 10.2. The fourth-order valence-corrected chi connectivity index (χ4v) is 3.13. The third kappa shape index (κ3) is 8.18. The van der Waals surface area contributed by atoms with E-state index < -0.39 is 6.10 Å². The van der Waals surface area contributed by atoms with Crippen molar-refractivity contribution in [2.75, 3.05) is 46.5 Å². The van der Waals surface area contributed by atoms with Gasteiger partial charge in [0, 0.05) is 33.4 Å². The maximum absolute atomic E-state index is 10.2. The molecule has 1 unspecified atom stereocenters. The van der Waals surface area contributed by atoms with E-state index in [1.807, 2.05) is 31.2 Å². The molecule has 1 aromatic carbocycles. The van der Waals surface area contributed by atoms with Crippen molar-refractivity contribution >= 4 is 5.96 Å². The number of rotatable bonds is 9. The highest BCUT2D eigenvalue weighted by Crippen LogP contribution is 2.18. The van der Waals surface area contributed by atoms with E-state index in [-0.39, 0.29) is 6.61 Å². The zero-order valence-corrected chi connectivity index (χ0v) is 17.0. The van der Waals surface area contributed by atoms with Crippen molar-refractivity contribution in [3.05, 3.63) is 29.8 Å². The number of guanidine groups is 1. The Morgan fingerprint density at radius 2 is 2.19 bits per heavy atom. The second-order valence-corrected chi connectivity index (χ2v) is 7.24. The normalized spacial score (nSPS) is 16.8. The molecule has 0 spiro atoms. The lowest BCUT2D eigenvalue weighted by Crippen LogP contribution is -2.40. The maximum Gasteiger partial charge on any atom is 0.193 e. The van der Waals surface area contributed by atoms with Gasteiger partial charge in [-0.1, -0.05) is 12.1 Å². The number of aliphatic imine (C=N–C) groups is 1. The lowest BCUT2D eigenvalue weighted by Gasteiger charge is -2.27. The number of aliphatic hydroxyl groups is 1. The third-order valence-corrected chi connectivity index (χ3v) is 4.79. The first-order chi connectivity index (χ1) is 13.1. The molecule has 1 aromatic rings. The Labute approximate surface area is 163 Å². The second-order valence-electron chi connectivity index (χ2n) is 7.24. The van der Waals surface area contributed by atoms with Crippen LogP contribution in [0.25, 0.3) is 0 Å². The van der Waals surface area contributed by atoms with Crippen LogP contribution in [0.5, 0.6) is 5.75 Å². The SMILES string of the molecule is CCNC(=NCC(O)COc1cccc(C)c1)N(C)CCC1CCOCC1. The van der Waals surface area contributed by atoms with E-state index in [2.05, 4.69) is 29.2 Å². The standard InChI is InChI=1S/C21H35N3O3/c1-4-22-21(24(3)11-8-18-9-12-26-13-10-18)23-15-19(25)16-27-20-7-5-6-17(2)14-20/h5-7,14,18-19,25H,4,8-13,15-16H2,1-3H3,(H,22,23). The second kappa shape index (κ2) is 11.8. The molecule has 1 heterocycles. The zero-order valence-electron chi connectivity index (χ0n) is 17.0. The fraction of sp³-hybridized carbons (Fsp3) is 0.667. The predicted octanol–water partition coefficient (Wildman–Crippen LogP) is 2.45. The summed E-state index contributed by atoms with van der Waals surface area (Å²) in [7, 11) is 2.05. The lowest BCUT2D eigenvalue weighted by molar-refractivity contribution is 0.0625. The van der Waals surface area contributed by atoms with Gasteiger partial charge in [-0.15, -0.1) is 0 Å². The van der Waals surface area contributed by atoms with E-state index in [1.54, 1.807) is 0 Å². The molecule has 1 fully saturated rings. The minimum absolute atomic E-state index is 0.234. The van der Waals surface area contributed by atoms with Gasteiger partial charge < -0.3 is 24.8 Å². The summed E-state index contributed by atoms with van der Waals surface area (Å²) in [6.45, 7) is 8.15. The summed E-state index contributed by atoms with van der Waals surface area (Å²) in [5.74, 6) is 2.34. The molecule has 0 saturated carbocycles. The summed E-state index contributed by atoms with van der Waals surface area (Å²) in [6, 6.07) is 7.83. The van der Waals surface area contributed by atoms with Crippen LogP contribution >= 0.6 is 0 Å². The number of hydrogen-bond acceptors (Lipinski definition) is 4. The Balaban J connectivity index is 1.78. The molecule has 2 N–H and O–H groups in total. The molecule has 0 radical (unpaired) electrons. The van der Waals surface area contributed by atoms with Gasteiger partial charge in [0.15, 0.2) is 5.96 Å². The van der Waals surface area contributed by atoms with Crippen LogP contribution in [0.2, 0.25) is 0 Å². The molecule has 6 heteroatoms. The van der Waals surface area contributed by atoms with Crippen LogP contribution < -0.4 is 10.1 Å². The van der Waals surface area contributed by atoms with Gasteiger partial charge in [-0.05, 0) is 56.7 Å². The van der Waals surface area contributed by atoms with Crippen molar-refractivity contribution in [1.82, 2.24) is 10.2 Å². The van der Waals surface area contributed by atoms with E-state index in [0.717, 1.165) is 68.8 Å². The zero-order chi connectivity index (χ0) is 19.5. The monoisotopic (exact) mass is 377 g/mol. The average Bonchev–Trinajstić information content (AvgIpc) is 2.68. The first-order valence-electron chi connectivity index (χ1n) is 10.0. The van der Waals surface area contributed by atoms with Crippen molar-refractivity contribution in [3.8, 4) is 5.75 Å². The molecule has 1 aliphatic rings. The smallest absolute Gasteiger partial charge is 0.193 e. The summed E-state index contributed by atoms with van der Waals surface area (Å²) < 4.78 is 11.1. The van der Waals surface area contributed by atoms with Crippen LogP contribution in [-0.4, -0.2) is 68.6 Å². The summed E-state index contributed by atoms with van der Waals surface area (Å²) in [5.41, 5.74) is 1.14. The largest absolute Gasteiger partial charge is 0.491 e. The minimum atomic E-state index is -0.636. The van der Waals surface area contributed by atoms with Crippen LogP contribution in [0.15, 0.2) is 29.3 Å². The Morgan fingerprint density at radius 3 is 2.89 bits per heavy atom. The quantitative estimate of drug-likeness (QED) is 0.511. The summed E-state index contributed by atoms with van der Waals surface area (Å²) in [6.07, 6.45) is 2.80. The van der Waals surface area contributed by atoms with Crippen molar-refractivity contribution in [1.29, 1.82) is 0 Å². The van der Waals surface area contributed by atoms with Gasteiger partial charge in [0.25, 0.3) is 0 Å². The average molecular weight is 378 g/mol. The molecule has 1 saturated heterocycles. The highest BCUT2D eigenvalue weighted by atomic mass is 16.5. The van der Waals surface area contributed by atoms with E-state index in [9.17, 15) is 5.11 Å². The van der Waals surface area contributed by atoms with E-state index in [4.69, 9.17) is 9.47 Å². The van der Waals surface area contributed by atoms with Gasteiger partial charge in [-0.2, -0.15) is 0 Å². The molecule has 0 aromatic heterocycles. The predicted molar refractivity (Wildman–Crippen MR) is 109 cm³/mol. The molecule has 0 aliphatic carbocycles. The molecular weight excluding hydrogens is 342 g/mol. The Bertz CT molecular complexity index is 574. The van der Waals surface area contributed by atoms with Gasteiger partial charge in [-0.25, -0.2) is 0 Å². The molecule has 6 nitrogen and oxygen atoms in total. The van der Waals surface area contributed by atoms with Crippen LogP contribution in [0, 0.1) is 12.8 Å². The molecular formula is C21H35N3O3.